The fourth-order valence-electron chi connectivity index (χ4n) is 3.85. The normalized spacial score (nSPS) is 23.1. The molecule has 4 nitrogen and oxygen atoms in total. The SMILES string of the molecule is C=CCn1cc(CN2CCC[C@](CO)(CC(C)C)C2)c(C)n1. The highest BCUT2D eigenvalue weighted by molar-refractivity contribution is 5.15. The quantitative estimate of drug-likeness (QED) is 0.787. The molecule has 2 rings (SSSR count). The Balaban J connectivity index is 2.04. The number of allylic oxidation sites excluding steroid dienone is 1. The number of aliphatic hydroxyl groups excluding tert-OH is 1. The summed E-state index contributed by atoms with van der Waals surface area (Å²) in [5, 5.41) is 14.5. The molecule has 1 aromatic rings. The van der Waals surface area contributed by atoms with Crippen LogP contribution in [0.1, 0.15) is 44.4 Å². The van der Waals surface area contributed by atoms with Crippen LogP contribution in [0, 0.1) is 18.3 Å². The van der Waals surface area contributed by atoms with Crippen molar-refractivity contribution in [2.24, 2.45) is 11.3 Å². The predicted octanol–water partition coefficient (Wildman–Crippen LogP) is 3.00. The monoisotopic (exact) mass is 305 g/mol. The van der Waals surface area contributed by atoms with Gasteiger partial charge in [0.25, 0.3) is 0 Å². The summed E-state index contributed by atoms with van der Waals surface area (Å²) in [5.74, 6) is 0.629. The van der Waals surface area contributed by atoms with Crippen LogP contribution in [-0.4, -0.2) is 39.5 Å². The number of hydrogen-bond acceptors (Lipinski definition) is 3. The van der Waals surface area contributed by atoms with Gasteiger partial charge in [-0.3, -0.25) is 9.58 Å². The van der Waals surface area contributed by atoms with E-state index in [2.05, 4.69) is 43.5 Å². The highest BCUT2D eigenvalue weighted by atomic mass is 16.3. The van der Waals surface area contributed by atoms with Gasteiger partial charge in [0.1, 0.15) is 0 Å². The molecule has 0 radical (unpaired) electrons. The third-order valence-electron chi connectivity index (χ3n) is 4.68. The van der Waals surface area contributed by atoms with E-state index in [1.54, 1.807) is 0 Å². The lowest BCUT2D eigenvalue weighted by atomic mass is 9.74. The minimum atomic E-state index is 0.0808. The smallest absolute Gasteiger partial charge is 0.0638 e. The minimum Gasteiger partial charge on any atom is -0.396 e. The van der Waals surface area contributed by atoms with Gasteiger partial charge in [-0.05, 0) is 38.6 Å². The van der Waals surface area contributed by atoms with Crippen molar-refractivity contribution in [2.45, 2.75) is 53.1 Å². The molecule has 2 heterocycles. The molecule has 0 spiro atoms. The van der Waals surface area contributed by atoms with Crippen LogP contribution in [0.3, 0.4) is 0 Å². The van der Waals surface area contributed by atoms with Crippen molar-refractivity contribution in [3.63, 3.8) is 0 Å². The molecule has 0 saturated carbocycles. The summed E-state index contributed by atoms with van der Waals surface area (Å²) in [6.45, 7) is 14.4. The fraction of sp³-hybridized carbons (Fsp3) is 0.722. The number of hydrogen-bond donors (Lipinski definition) is 1. The van der Waals surface area contributed by atoms with Crippen molar-refractivity contribution in [1.82, 2.24) is 14.7 Å². The maximum atomic E-state index is 9.95. The number of aromatic nitrogens is 2. The zero-order chi connectivity index (χ0) is 16.2. The Morgan fingerprint density at radius 2 is 2.27 bits per heavy atom. The van der Waals surface area contributed by atoms with Gasteiger partial charge in [0, 0.05) is 36.9 Å². The third kappa shape index (κ3) is 4.20. The van der Waals surface area contributed by atoms with E-state index in [9.17, 15) is 5.11 Å². The van der Waals surface area contributed by atoms with E-state index in [0.717, 1.165) is 44.7 Å². The number of likely N-dealkylation sites (tertiary alicyclic amines) is 1. The van der Waals surface area contributed by atoms with Crippen LogP contribution >= 0.6 is 0 Å². The van der Waals surface area contributed by atoms with Crippen molar-refractivity contribution in [3.8, 4) is 0 Å². The fourth-order valence-corrected chi connectivity index (χ4v) is 3.85. The van der Waals surface area contributed by atoms with E-state index < -0.39 is 0 Å². The number of rotatable bonds is 7. The Bertz CT molecular complexity index is 495. The minimum absolute atomic E-state index is 0.0808. The molecule has 0 bridgehead atoms. The van der Waals surface area contributed by atoms with Crippen molar-refractivity contribution in [3.05, 3.63) is 30.1 Å². The van der Waals surface area contributed by atoms with E-state index in [4.69, 9.17) is 0 Å². The molecule has 0 aromatic carbocycles. The summed E-state index contributed by atoms with van der Waals surface area (Å²) in [5.41, 5.74) is 2.48. The summed E-state index contributed by atoms with van der Waals surface area (Å²) in [4.78, 5) is 2.49. The van der Waals surface area contributed by atoms with Crippen molar-refractivity contribution >= 4 is 0 Å². The molecule has 1 aromatic heterocycles. The molecule has 124 valence electrons. The van der Waals surface area contributed by atoms with E-state index in [1.165, 1.54) is 12.0 Å². The maximum Gasteiger partial charge on any atom is 0.0638 e. The summed E-state index contributed by atoms with van der Waals surface area (Å²) in [6.07, 6.45) is 7.43. The van der Waals surface area contributed by atoms with Gasteiger partial charge in [-0.25, -0.2) is 0 Å². The number of aliphatic hydroxyl groups is 1. The van der Waals surface area contributed by atoms with Gasteiger partial charge in [-0.2, -0.15) is 5.10 Å². The molecule has 1 atom stereocenters. The van der Waals surface area contributed by atoms with Crippen LogP contribution in [-0.2, 0) is 13.1 Å². The first-order valence-electron chi connectivity index (χ1n) is 8.45. The molecule has 1 fully saturated rings. The van der Waals surface area contributed by atoms with Gasteiger partial charge < -0.3 is 5.11 Å². The van der Waals surface area contributed by atoms with E-state index in [0.29, 0.717) is 12.5 Å². The Morgan fingerprint density at radius 1 is 1.50 bits per heavy atom. The van der Waals surface area contributed by atoms with Gasteiger partial charge >= 0.3 is 0 Å². The standard InChI is InChI=1S/C18H31N3O/c1-5-8-21-12-17(16(4)19-21)11-20-9-6-7-18(13-20,14-22)10-15(2)3/h5,12,15,22H,1,6-11,13-14H2,2-4H3/t18-/m0/s1. The molecular weight excluding hydrogens is 274 g/mol. The van der Waals surface area contributed by atoms with Crippen LogP contribution in [0.25, 0.3) is 0 Å². The van der Waals surface area contributed by atoms with Crippen LogP contribution in [0.5, 0.6) is 0 Å². The lowest BCUT2D eigenvalue weighted by Gasteiger charge is -2.43. The highest BCUT2D eigenvalue weighted by Crippen LogP contribution is 2.36. The molecule has 1 aliphatic rings. The summed E-state index contributed by atoms with van der Waals surface area (Å²) in [7, 11) is 0. The first-order chi connectivity index (χ1) is 10.5. The third-order valence-corrected chi connectivity index (χ3v) is 4.68. The largest absolute Gasteiger partial charge is 0.396 e. The Morgan fingerprint density at radius 3 is 2.91 bits per heavy atom. The summed E-state index contributed by atoms with van der Waals surface area (Å²) < 4.78 is 1.95. The van der Waals surface area contributed by atoms with Crippen molar-refractivity contribution in [1.29, 1.82) is 0 Å². The summed E-state index contributed by atoms with van der Waals surface area (Å²) >= 11 is 0. The first-order valence-corrected chi connectivity index (χ1v) is 8.45. The van der Waals surface area contributed by atoms with Crippen LogP contribution in [0.4, 0.5) is 0 Å². The van der Waals surface area contributed by atoms with Gasteiger partial charge in [0.15, 0.2) is 0 Å². The number of piperidine rings is 1. The second kappa shape index (κ2) is 7.42. The molecule has 1 saturated heterocycles. The van der Waals surface area contributed by atoms with Gasteiger partial charge in [0.05, 0.1) is 12.2 Å². The van der Waals surface area contributed by atoms with Crippen molar-refractivity contribution in [2.75, 3.05) is 19.7 Å². The van der Waals surface area contributed by atoms with E-state index in [-0.39, 0.29) is 5.41 Å². The highest BCUT2D eigenvalue weighted by Gasteiger charge is 2.35. The number of aryl methyl sites for hydroxylation is 1. The molecule has 0 aliphatic carbocycles. The molecular formula is C18H31N3O. The average molecular weight is 305 g/mol. The maximum absolute atomic E-state index is 9.95. The Kier molecular flexibility index (Phi) is 5.81. The Hall–Kier alpha value is -1.13. The van der Waals surface area contributed by atoms with E-state index in [1.807, 2.05) is 10.8 Å². The summed E-state index contributed by atoms with van der Waals surface area (Å²) in [6, 6.07) is 0. The number of nitrogens with zero attached hydrogens (tertiary/aromatic N) is 3. The first kappa shape index (κ1) is 17.2. The molecule has 0 amide bonds. The van der Waals surface area contributed by atoms with Gasteiger partial charge in [-0.15, -0.1) is 6.58 Å². The average Bonchev–Trinajstić information content (AvgIpc) is 2.79. The Labute approximate surface area is 134 Å². The van der Waals surface area contributed by atoms with Gasteiger partial charge in [-0.1, -0.05) is 19.9 Å². The molecule has 1 N–H and O–H groups in total. The predicted molar refractivity (Wildman–Crippen MR) is 90.6 cm³/mol. The van der Waals surface area contributed by atoms with Crippen LogP contribution < -0.4 is 0 Å². The topological polar surface area (TPSA) is 41.3 Å². The second-order valence-corrected chi connectivity index (χ2v) is 7.32. The molecule has 1 aliphatic heterocycles. The molecule has 22 heavy (non-hydrogen) atoms. The van der Waals surface area contributed by atoms with Crippen LogP contribution in [0.2, 0.25) is 0 Å². The van der Waals surface area contributed by atoms with Crippen LogP contribution in [0.15, 0.2) is 18.9 Å². The zero-order valence-corrected chi connectivity index (χ0v) is 14.4. The molecule has 0 unspecified atom stereocenters. The lowest BCUT2D eigenvalue weighted by molar-refractivity contribution is 0.0132. The van der Waals surface area contributed by atoms with Gasteiger partial charge in [0.2, 0.25) is 0 Å². The lowest BCUT2D eigenvalue weighted by Crippen LogP contribution is -2.45. The van der Waals surface area contributed by atoms with Crippen molar-refractivity contribution < 1.29 is 5.11 Å². The zero-order valence-electron chi connectivity index (χ0n) is 14.4. The molecule has 4 heteroatoms. The van der Waals surface area contributed by atoms with E-state index >= 15 is 0 Å². The second-order valence-electron chi connectivity index (χ2n) is 7.32.